The van der Waals surface area contributed by atoms with Crippen LogP contribution in [0.25, 0.3) is 22.3 Å². The van der Waals surface area contributed by atoms with Crippen LogP contribution in [0.15, 0.2) is 36.4 Å². The zero-order valence-electron chi connectivity index (χ0n) is 29.5. The van der Waals surface area contributed by atoms with E-state index in [0.29, 0.717) is 43.2 Å². The third-order valence-corrected chi connectivity index (χ3v) is 8.70. The summed E-state index contributed by atoms with van der Waals surface area (Å²) in [6.07, 6.45) is 3.93. The summed E-state index contributed by atoms with van der Waals surface area (Å²) >= 11 is 0. The lowest BCUT2D eigenvalue weighted by Crippen LogP contribution is -2.30. The molecule has 0 aromatic heterocycles. The normalized spacial score (nSPS) is 11.4. The van der Waals surface area contributed by atoms with Crippen LogP contribution in [0.4, 0.5) is 35.1 Å². The molecule has 2 nitrogen and oxygen atoms in total. The smallest absolute Gasteiger partial charge is 0.242 e. The SMILES string of the molecule is CCCc1cc(-c2ccc(CCC)c(F)c2O[Si](C)(C)C)c(F)c(F)c1F.CCCc1ccc(-c2cc(CCC)c(F)c(F)c2F)c(O)c1F. The third kappa shape index (κ3) is 9.07. The summed E-state index contributed by atoms with van der Waals surface area (Å²) in [6, 6.07) is 8.25. The first-order valence-corrected chi connectivity index (χ1v) is 20.3. The van der Waals surface area contributed by atoms with Gasteiger partial charge in [0.1, 0.15) is 5.75 Å². The monoisotopic (exact) mass is 724 g/mol. The van der Waals surface area contributed by atoms with Gasteiger partial charge in [0, 0.05) is 22.3 Å². The van der Waals surface area contributed by atoms with E-state index in [-0.39, 0.29) is 52.0 Å². The van der Waals surface area contributed by atoms with E-state index in [1.54, 1.807) is 13.0 Å². The van der Waals surface area contributed by atoms with E-state index < -0.39 is 60.6 Å². The Morgan fingerprint density at radius 1 is 0.460 bits per heavy atom. The standard InChI is InChI=1S/C21H26F4OSi.C18H18F4O/c1-6-8-13-10-11-15(21(18(13)23)26-27(3,4)5)16-12-14(9-7-2)17(22)20(25)19(16)24;1-3-5-10-7-8-12(18(23)15(10)20)13-9-11(6-4-2)14(19)17(22)16(13)21/h10-12H,6-9H2,1-5H3;7-9,23H,3-6H2,1-2H3. The molecule has 0 aliphatic rings. The Kier molecular flexibility index (Phi) is 14.1. The second kappa shape index (κ2) is 17.4. The van der Waals surface area contributed by atoms with Gasteiger partial charge in [-0.1, -0.05) is 77.6 Å². The molecule has 50 heavy (non-hydrogen) atoms. The van der Waals surface area contributed by atoms with E-state index in [2.05, 4.69) is 0 Å². The lowest BCUT2D eigenvalue weighted by atomic mass is 9.96. The van der Waals surface area contributed by atoms with Crippen molar-refractivity contribution in [3.8, 4) is 33.8 Å². The molecule has 0 unspecified atom stereocenters. The zero-order valence-corrected chi connectivity index (χ0v) is 30.5. The maximum atomic E-state index is 15.1. The lowest BCUT2D eigenvalue weighted by Gasteiger charge is -2.24. The van der Waals surface area contributed by atoms with Crippen molar-refractivity contribution in [2.45, 2.75) is 98.7 Å². The first kappa shape index (κ1) is 40.6. The van der Waals surface area contributed by atoms with Crippen LogP contribution in [0, 0.1) is 46.5 Å². The molecule has 4 aromatic carbocycles. The number of halogens is 8. The van der Waals surface area contributed by atoms with Crippen molar-refractivity contribution in [3.63, 3.8) is 0 Å². The third-order valence-electron chi connectivity index (χ3n) is 7.88. The minimum absolute atomic E-state index is 0.00107. The molecule has 0 aliphatic carbocycles. The largest absolute Gasteiger partial charge is 0.542 e. The minimum atomic E-state index is -2.24. The van der Waals surface area contributed by atoms with Gasteiger partial charge in [-0.15, -0.1) is 0 Å². The van der Waals surface area contributed by atoms with E-state index >= 15 is 4.39 Å². The summed E-state index contributed by atoms with van der Waals surface area (Å²) in [6.45, 7) is 13.0. The molecule has 0 bridgehead atoms. The number of benzene rings is 4. The van der Waals surface area contributed by atoms with E-state index in [4.69, 9.17) is 4.43 Å². The summed E-state index contributed by atoms with van der Waals surface area (Å²) < 4.78 is 120. The van der Waals surface area contributed by atoms with Gasteiger partial charge < -0.3 is 9.53 Å². The molecular formula is C39H44F8O2Si. The molecule has 272 valence electrons. The van der Waals surface area contributed by atoms with Crippen LogP contribution < -0.4 is 4.43 Å². The van der Waals surface area contributed by atoms with Gasteiger partial charge in [-0.05, 0) is 79.7 Å². The second-order valence-electron chi connectivity index (χ2n) is 13.1. The molecule has 11 heteroatoms. The Bertz CT molecular complexity index is 1820. The summed E-state index contributed by atoms with van der Waals surface area (Å²) in [4.78, 5) is 0. The van der Waals surface area contributed by atoms with E-state index in [1.807, 2.05) is 40.4 Å². The van der Waals surface area contributed by atoms with Gasteiger partial charge in [0.15, 0.2) is 52.3 Å². The van der Waals surface area contributed by atoms with Crippen molar-refractivity contribution in [1.82, 2.24) is 0 Å². The van der Waals surface area contributed by atoms with Gasteiger partial charge in [-0.2, -0.15) is 0 Å². The lowest BCUT2D eigenvalue weighted by molar-refractivity contribution is 0.427. The Morgan fingerprint density at radius 3 is 1.26 bits per heavy atom. The van der Waals surface area contributed by atoms with Gasteiger partial charge in [0.05, 0.1) is 0 Å². The molecule has 0 aliphatic heterocycles. The first-order chi connectivity index (χ1) is 23.5. The Hall–Kier alpha value is -3.86. The second-order valence-corrected chi connectivity index (χ2v) is 17.5. The number of hydrogen-bond acceptors (Lipinski definition) is 2. The van der Waals surface area contributed by atoms with Crippen LogP contribution in [0.1, 0.15) is 75.6 Å². The van der Waals surface area contributed by atoms with Crippen molar-refractivity contribution >= 4 is 8.32 Å². The molecule has 1 N–H and O–H groups in total. The van der Waals surface area contributed by atoms with Crippen LogP contribution in [-0.4, -0.2) is 13.4 Å². The van der Waals surface area contributed by atoms with Crippen LogP contribution >= 0.6 is 0 Å². The molecule has 0 saturated heterocycles. The fraction of sp³-hybridized carbons (Fsp3) is 0.385. The van der Waals surface area contributed by atoms with Crippen LogP contribution in [0.3, 0.4) is 0 Å². The maximum Gasteiger partial charge on any atom is 0.242 e. The summed E-state index contributed by atoms with van der Waals surface area (Å²) in [5.74, 6) is -10.6. The quantitative estimate of drug-likeness (QED) is 0.0895. The Balaban J connectivity index is 0.000000274. The topological polar surface area (TPSA) is 29.5 Å². The fourth-order valence-corrected chi connectivity index (χ4v) is 6.38. The number of hydrogen-bond donors (Lipinski definition) is 1. The number of phenols is 1. The predicted molar refractivity (Wildman–Crippen MR) is 185 cm³/mol. The highest BCUT2D eigenvalue weighted by atomic mass is 28.4. The number of phenolic OH excluding ortho intramolecular Hbond substituents is 1. The van der Waals surface area contributed by atoms with Gasteiger partial charge in [-0.25, -0.2) is 35.1 Å². The van der Waals surface area contributed by atoms with Crippen molar-refractivity contribution in [1.29, 1.82) is 0 Å². The summed E-state index contributed by atoms with van der Waals surface area (Å²) in [5, 5.41) is 10.0. The average Bonchev–Trinajstić information content (AvgIpc) is 3.06. The first-order valence-electron chi connectivity index (χ1n) is 16.9. The molecule has 0 spiro atoms. The van der Waals surface area contributed by atoms with Crippen molar-refractivity contribution in [3.05, 3.63) is 105 Å². The highest BCUT2D eigenvalue weighted by Gasteiger charge is 2.27. The maximum absolute atomic E-state index is 15.1. The summed E-state index contributed by atoms with van der Waals surface area (Å²) in [7, 11) is -2.24. The number of rotatable bonds is 12. The Morgan fingerprint density at radius 2 is 0.840 bits per heavy atom. The van der Waals surface area contributed by atoms with Gasteiger partial charge in [0.2, 0.25) is 8.32 Å². The molecule has 0 atom stereocenters. The highest BCUT2D eigenvalue weighted by Crippen LogP contribution is 2.40. The van der Waals surface area contributed by atoms with Crippen LogP contribution in [-0.2, 0) is 25.7 Å². The molecular weight excluding hydrogens is 680 g/mol. The van der Waals surface area contributed by atoms with Gasteiger partial charge in [-0.3, -0.25) is 0 Å². The number of aryl methyl sites for hydroxylation is 4. The molecule has 0 amide bonds. The fourth-order valence-electron chi connectivity index (χ4n) is 5.57. The predicted octanol–water partition coefficient (Wildman–Crippen LogP) is 12.5. The van der Waals surface area contributed by atoms with Crippen LogP contribution in [0.5, 0.6) is 11.5 Å². The van der Waals surface area contributed by atoms with Crippen LogP contribution in [0.2, 0.25) is 19.6 Å². The van der Waals surface area contributed by atoms with E-state index in [0.717, 1.165) is 12.5 Å². The van der Waals surface area contributed by atoms with Gasteiger partial charge in [0.25, 0.3) is 0 Å². The molecule has 0 heterocycles. The van der Waals surface area contributed by atoms with Crippen molar-refractivity contribution in [2.24, 2.45) is 0 Å². The van der Waals surface area contributed by atoms with Crippen molar-refractivity contribution in [2.75, 3.05) is 0 Å². The molecule has 0 fully saturated rings. The minimum Gasteiger partial charge on any atom is -0.542 e. The summed E-state index contributed by atoms with van der Waals surface area (Å²) in [5.41, 5.74) is 0.248. The Labute approximate surface area is 290 Å². The van der Waals surface area contributed by atoms with Crippen molar-refractivity contribution < 1.29 is 44.7 Å². The average molecular weight is 725 g/mol. The highest BCUT2D eigenvalue weighted by molar-refractivity contribution is 6.70. The van der Waals surface area contributed by atoms with E-state index in [9.17, 15) is 35.8 Å². The number of aromatic hydroxyl groups is 1. The molecule has 4 rings (SSSR count). The zero-order chi connectivity index (χ0) is 37.5. The van der Waals surface area contributed by atoms with E-state index in [1.165, 1.54) is 24.3 Å². The molecule has 4 aromatic rings. The molecule has 0 radical (unpaired) electrons. The van der Waals surface area contributed by atoms with Gasteiger partial charge >= 0.3 is 0 Å². The molecule has 0 saturated carbocycles.